The lowest BCUT2D eigenvalue weighted by atomic mass is 9.88. The topological polar surface area (TPSA) is 52.9 Å². The van der Waals surface area contributed by atoms with E-state index in [0.717, 1.165) is 58.3 Å². The minimum Gasteiger partial charge on any atom is -0.392 e. The van der Waals surface area contributed by atoms with Crippen molar-refractivity contribution in [2.24, 2.45) is 17.8 Å². The second kappa shape index (κ2) is 12.5. The van der Waals surface area contributed by atoms with Gasteiger partial charge in [-0.3, -0.25) is 4.90 Å². The van der Waals surface area contributed by atoms with Gasteiger partial charge in [0.1, 0.15) is 0 Å². The van der Waals surface area contributed by atoms with Crippen LogP contribution in [0.2, 0.25) is 0 Å². The number of ether oxygens (including phenoxy) is 1. The minimum atomic E-state index is -0.632. The maximum Gasteiger partial charge on any atom is 0.0654 e. The number of unbranched alkanes of at least 4 members (excludes halogenated alkanes) is 1. The van der Waals surface area contributed by atoms with E-state index in [4.69, 9.17) is 4.74 Å². The molecule has 0 aliphatic heterocycles. The first-order chi connectivity index (χ1) is 14.6. The highest BCUT2D eigenvalue weighted by Gasteiger charge is 2.43. The van der Waals surface area contributed by atoms with Crippen molar-refractivity contribution in [3.63, 3.8) is 0 Å². The molecule has 0 bridgehead atoms. The molecule has 4 heteroatoms. The molecular formula is C27H49NO3. The summed E-state index contributed by atoms with van der Waals surface area (Å²) >= 11 is 0. The molecule has 4 nitrogen and oxygen atoms in total. The van der Waals surface area contributed by atoms with Crippen molar-refractivity contribution in [2.75, 3.05) is 19.8 Å². The van der Waals surface area contributed by atoms with Gasteiger partial charge in [0.2, 0.25) is 0 Å². The van der Waals surface area contributed by atoms with Gasteiger partial charge < -0.3 is 14.9 Å². The van der Waals surface area contributed by atoms with Gasteiger partial charge in [-0.05, 0) is 78.6 Å². The number of aliphatic hydroxyl groups excluding tert-OH is 1. The Morgan fingerprint density at radius 3 is 2.58 bits per heavy atom. The molecule has 1 saturated carbocycles. The number of hydrogen-bond acceptors (Lipinski definition) is 4. The standard InChI is InChI=1S/C27H49NO3/c1-7-8-12-27(6,30)13-9-10-24-25-18-22(17-23(25)19-26(24)29)11-15-31-16-14-28(20(2)3)21(4)5/h9-10,17,20-21,23-26,29-30H,7-8,11-16,18-19H2,1-6H3/t23-,24+,25-,26+,27-/m0/s1. The zero-order chi connectivity index (χ0) is 23.0. The van der Waals surface area contributed by atoms with Crippen LogP contribution >= 0.6 is 0 Å². The number of rotatable bonds is 14. The number of fused-ring (bicyclic) bond motifs is 1. The Bertz CT molecular complexity index is 573. The SMILES string of the molecule is CCCC[C@](C)(O)CC=C[C@@H]1[C@H]2CC(CCOCCN(C(C)C)C(C)C)=C[C@H]2C[C@H]1O. The highest BCUT2D eigenvalue weighted by molar-refractivity contribution is 5.20. The van der Waals surface area contributed by atoms with Gasteiger partial charge in [0.25, 0.3) is 0 Å². The average Bonchev–Trinajstić information content (AvgIpc) is 3.19. The summed E-state index contributed by atoms with van der Waals surface area (Å²) in [7, 11) is 0. The molecule has 180 valence electrons. The number of allylic oxidation sites excluding steroid dienone is 1. The summed E-state index contributed by atoms with van der Waals surface area (Å²) < 4.78 is 5.96. The van der Waals surface area contributed by atoms with E-state index in [9.17, 15) is 10.2 Å². The van der Waals surface area contributed by atoms with Crippen LogP contribution in [-0.4, -0.2) is 58.7 Å². The van der Waals surface area contributed by atoms with E-state index in [1.54, 1.807) is 0 Å². The lowest BCUT2D eigenvalue weighted by molar-refractivity contribution is 0.0513. The molecule has 0 heterocycles. The van der Waals surface area contributed by atoms with Crippen LogP contribution < -0.4 is 0 Å². The summed E-state index contributed by atoms with van der Waals surface area (Å²) in [4.78, 5) is 2.47. The Morgan fingerprint density at radius 1 is 1.23 bits per heavy atom. The van der Waals surface area contributed by atoms with Crippen molar-refractivity contribution in [1.29, 1.82) is 0 Å². The van der Waals surface area contributed by atoms with E-state index in [0.29, 0.717) is 30.3 Å². The van der Waals surface area contributed by atoms with Crippen LogP contribution in [0.5, 0.6) is 0 Å². The molecule has 0 unspecified atom stereocenters. The molecule has 0 spiro atoms. The lowest BCUT2D eigenvalue weighted by Crippen LogP contribution is -2.39. The Hall–Kier alpha value is -0.680. The molecule has 0 radical (unpaired) electrons. The minimum absolute atomic E-state index is 0.215. The van der Waals surface area contributed by atoms with Crippen molar-refractivity contribution < 1.29 is 14.9 Å². The molecule has 2 aliphatic rings. The zero-order valence-corrected chi connectivity index (χ0v) is 21.0. The summed E-state index contributed by atoms with van der Waals surface area (Å²) in [5, 5.41) is 21.1. The second-order valence-corrected chi connectivity index (χ2v) is 10.8. The molecule has 0 aromatic heterocycles. The fraction of sp³-hybridized carbons (Fsp3) is 0.852. The third-order valence-electron chi connectivity index (χ3n) is 7.32. The van der Waals surface area contributed by atoms with E-state index >= 15 is 0 Å². The summed E-state index contributed by atoms with van der Waals surface area (Å²) in [5.74, 6) is 1.23. The average molecular weight is 436 g/mol. The Kier molecular flexibility index (Phi) is 10.7. The summed E-state index contributed by atoms with van der Waals surface area (Å²) in [6.45, 7) is 15.6. The molecule has 0 amide bonds. The Balaban J connectivity index is 1.74. The van der Waals surface area contributed by atoms with Gasteiger partial charge >= 0.3 is 0 Å². The molecule has 0 saturated heterocycles. The third kappa shape index (κ3) is 8.31. The predicted octanol–water partition coefficient (Wildman–Crippen LogP) is 5.34. The van der Waals surface area contributed by atoms with Gasteiger partial charge in [0, 0.05) is 24.5 Å². The molecule has 31 heavy (non-hydrogen) atoms. The molecular weight excluding hydrogens is 386 g/mol. The molecule has 0 aromatic carbocycles. The molecule has 2 N–H and O–H groups in total. The number of nitrogens with zero attached hydrogens (tertiary/aromatic N) is 1. The van der Waals surface area contributed by atoms with Gasteiger partial charge in [-0.2, -0.15) is 0 Å². The van der Waals surface area contributed by atoms with Crippen molar-refractivity contribution in [1.82, 2.24) is 4.90 Å². The highest BCUT2D eigenvalue weighted by Crippen LogP contribution is 2.48. The van der Waals surface area contributed by atoms with Crippen LogP contribution in [0.15, 0.2) is 23.8 Å². The van der Waals surface area contributed by atoms with Crippen LogP contribution in [0.1, 0.15) is 86.5 Å². The zero-order valence-electron chi connectivity index (χ0n) is 21.0. The van der Waals surface area contributed by atoms with Gasteiger partial charge in [-0.1, -0.05) is 43.6 Å². The van der Waals surface area contributed by atoms with Crippen molar-refractivity contribution in [3.8, 4) is 0 Å². The summed E-state index contributed by atoms with van der Waals surface area (Å²) in [6, 6.07) is 1.10. The van der Waals surface area contributed by atoms with E-state index in [2.05, 4.69) is 57.7 Å². The molecule has 1 fully saturated rings. The fourth-order valence-electron chi connectivity index (χ4n) is 5.52. The highest BCUT2D eigenvalue weighted by atomic mass is 16.5. The summed E-state index contributed by atoms with van der Waals surface area (Å²) in [6.07, 6.45) is 13.1. The fourth-order valence-corrected chi connectivity index (χ4v) is 5.52. The van der Waals surface area contributed by atoms with E-state index in [1.165, 1.54) is 5.57 Å². The van der Waals surface area contributed by atoms with Gasteiger partial charge in [-0.25, -0.2) is 0 Å². The van der Waals surface area contributed by atoms with Crippen LogP contribution in [-0.2, 0) is 4.74 Å². The quantitative estimate of drug-likeness (QED) is 0.285. The first kappa shape index (κ1) is 26.6. The third-order valence-corrected chi connectivity index (χ3v) is 7.32. The smallest absolute Gasteiger partial charge is 0.0654 e. The second-order valence-electron chi connectivity index (χ2n) is 10.8. The number of aliphatic hydroxyl groups is 2. The van der Waals surface area contributed by atoms with E-state index < -0.39 is 5.60 Å². The Morgan fingerprint density at radius 2 is 1.94 bits per heavy atom. The Labute approximate surface area is 191 Å². The molecule has 2 rings (SSSR count). The lowest BCUT2D eigenvalue weighted by Gasteiger charge is -2.30. The van der Waals surface area contributed by atoms with Crippen molar-refractivity contribution >= 4 is 0 Å². The van der Waals surface area contributed by atoms with Gasteiger partial charge in [0.05, 0.1) is 24.9 Å². The normalized spacial score (nSPS) is 28.2. The molecule has 5 atom stereocenters. The summed E-state index contributed by atoms with van der Waals surface area (Å²) in [5.41, 5.74) is 0.868. The van der Waals surface area contributed by atoms with Crippen molar-refractivity contribution in [3.05, 3.63) is 23.8 Å². The van der Waals surface area contributed by atoms with Gasteiger partial charge in [-0.15, -0.1) is 0 Å². The van der Waals surface area contributed by atoms with Crippen LogP contribution in [0.25, 0.3) is 0 Å². The van der Waals surface area contributed by atoms with Crippen LogP contribution in [0.3, 0.4) is 0 Å². The van der Waals surface area contributed by atoms with Crippen LogP contribution in [0, 0.1) is 17.8 Å². The van der Waals surface area contributed by atoms with E-state index in [-0.39, 0.29) is 12.0 Å². The first-order valence-corrected chi connectivity index (χ1v) is 12.7. The molecule has 0 aromatic rings. The van der Waals surface area contributed by atoms with Crippen molar-refractivity contribution in [2.45, 2.75) is 110 Å². The molecule has 2 aliphatic carbocycles. The number of hydrogen-bond donors (Lipinski definition) is 2. The van der Waals surface area contributed by atoms with E-state index in [1.807, 2.05) is 6.92 Å². The monoisotopic (exact) mass is 435 g/mol. The maximum absolute atomic E-state index is 10.6. The van der Waals surface area contributed by atoms with Gasteiger partial charge in [0.15, 0.2) is 0 Å². The maximum atomic E-state index is 10.6. The predicted molar refractivity (Wildman–Crippen MR) is 130 cm³/mol. The largest absolute Gasteiger partial charge is 0.392 e. The van der Waals surface area contributed by atoms with Crippen LogP contribution in [0.4, 0.5) is 0 Å². The first-order valence-electron chi connectivity index (χ1n) is 12.7.